The first-order valence-electron chi connectivity index (χ1n) is 5.70. The number of hydrogen-bond donors (Lipinski definition) is 3. The Hall–Kier alpha value is -2.10. The molecule has 0 fully saturated rings. The number of nitrogens with one attached hydrogen (secondary N) is 1. The Morgan fingerprint density at radius 3 is 1.95 bits per heavy atom. The van der Waals surface area contributed by atoms with E-state index < -0.39 is 20.0 Å². The largest absolute Gasteiger partial charge is 0.398 e. The van der Waals surface area contributed by atoms with E-state index in [-0.39, 0.29) is 21.2 Å². The topological polar surface area (TPSA) is 132 Å². The highest BCUT2D eigenvalue weighted by atomic mass is 32.2. The van der Waals surface area contributed by atoms with Gasteiger partial charge >= 0.3 is 0 Å². The Morgan fingerprint density at radius 2 is 1.43 bits per heavy atom. The van der Waals surface area contributed by atoms with Crippen LogP contribution in [0.2, 0.25) is 0 Å². The predicted molar refractivity (Wildman–Crippen MR) is 79.5 cm³/mol. The molecule has 0 radical (unpaired) electrons. The highest BCUT2D eigenvalue weighted by Crippen LogP contribution is 2.21. The van der Waals surface area contributed by atoms with Crippen LogP contribution in [-0.2, 0) is 20.0 Å². The Labute approximate surface area is 122 Å². The highest BCUT2D eigenvalue weighted by Gasteiger charge is 2.17. The van der Waals surface area contributed by atoms with Crippen molar-refractivity contribution in [3.63, 3.8) is 0 Å². The van der Waals surface area contributed by atoms with Crippen molar-refractivity contribution in [3.05, 3.63) is 48.5 Å². The maximum atomic E-state index is 12.2. The van der Waals surface area contributed by atoms with Gasteiger partial charge in [0.2, 0.25) is 10.0 Å². The number of nitrogen functional groups attached to an aromatic ring is 1. The summed E-state index contributed by atoms with van der Waals surface area (Å²) in [4.78, 5) is -0.162. The molecular weight excluding hydrogens is 314 g/mol. The summed E-state index contributed by atoms with van der Waals surface area (Å²) in [7, 11) is -7.67. The fourth-order valence-corrected chi connectivity index (χ4v) is 3.36. The number of benzene rings is 2. The molecule has 0 saturated carbocycles. The van der Waals surface area contributed by atoms with Crippen molar-refractivity contribution in [1.29, 1.82) is 0 Å². The molecule has 0 aliphatic rings. The fourth-order valence-electron chi connectivity index (χ4n) is 1.65. The molecule has 0 aliphatic carbocycles. The van der Waals surface area contributed by atoms with Gasteiger partial charge in [0.1, 0.15) is 4.90 Å². The molecule has 0 aromatic heterocycles. The van der Waals surface area contributed by atoms with Crippen LogP contribution in [0.15, 0.2) is 58.3 Å². The molecule has 2 aromatic carbocycles. The zero-order valence-electron chi connectivity index (χ0n) is 10.7. The van der Waals surface area contributed by atoms with Crippen LogP contribution in [0.25, 0.3) is 0 Å². The molecule has 0 amide bonds. The van der Waals surface area contributed by atoms with Crippen molar-refractivity contribution in [3.8, 4) is 0 Å². The smallest absolute Gasteiger partial charge is 0.263 e. The molecule has 0 spiro atoms. The van der Waals surface area contributed by atoms with E-state index in [1.807, 2.05) is 0 Å². The van der Waals surface area contributed by atoms with Gasteiger partial charge in [-0.1, -0.05) is 12.1 Å². The number of rotatable bonds is 4. The van der Waals surface area contributed by atoms with Gasteiger partial charge in [-0.25, -0.2) is 22.0 Å². The summed E-state index contributed by atoms with van der Waals surface area (Å²) in [6.45, 7) is 0. The third-order valence-electron chi connectivity index (χ3n) is 2.64. The summed E-state index contributed by atoms with van der Waals surface area (Å²) in [5, 5.41) is 4.96. The Bertz CT molecular complexity index is 860. The zero-order chi connectivity index (χ0) is 15.7. The number of primary sulfonamides is 1. The van der Waals surface area contributed by atoms with Crippen LogP contribution in [0.4, 0.5) is 11.4 Å². The van der Waals surface area contributed by atoms with Gasteiger partial charge < -0.3 is 5.73 Å². The Balaban J connectivity index is 2.32. The summed E-state index contributed by atoms with van der Waals surface area (Å²) in [5.74, 6) is 0. The van der Waals surface area contributed by atoms with Crippen LogP contribution < -0.4 is 15.6 Å². The van der Waals surface area contributed by atoms with Crippen LogP contribution in [0, 0.1) is 0 Å². The third-order valence-corrected chi connectivity index (χ3v) is 5.03. The number of nitrogens with two attached hydrogens (primary N) is 2. The van der Waals surface area contributed by atoms with Gasteiger partial charge in [-0.15, -0.1) is 0 Å². The van der Waals surface area contributed by atoms with Gasteiger partial charge in [-0.2, -0.15) is 0 Å². The van der Waals surface area contributed by atoms with E-state index >= 15 is 0 Å². The van der Waals surface area contributed by atoms with E-state index in [4.69, 9.17) is 10.9 Å². The SMILES string of the molecule is Nc1ccccc1S(=O)(=O)Nc1ccc(S(N)(=O)=O)cc1. The molecule has 0 saturated heterocycles. The van der Waals surface area contributed by atoms with Crippen LogP contribution >= 0.6 is 0 Å². The van der Waals surface area contributed by atoms with Gasteiger partial charge in [0, 0.05) is 5.69 Å². The summed E-state index contributed by atoms with van der Waals surface area (Å²) < 4.78 is 48.9. The average molecular weight is 327 g/mol. The molecule has 0 bridgehead atoms. The van der Waals surface area contributed by atoms with Crippen molar-refractivity contribution in [2.24, 2.45) is 5.14 Å². The second-order valence-corrected chi connectivity index (χ2v) is 7.42. The molecule has 0 atom stereocenters. The Kier molecular flexibility index (Phi) is 3.90. The molecule has 2 aromatic rings. The maximum absolute atomic E-state index is 12.2. The van der Waals surface area contributed by atoms with Crippen molar-refractivity contribution < 1.29 is 16.8 Å². The number of hydrogen-bond acceptors (Lipinski definition) is 5. The molecule has 21 heavy (non-hydrogen) atoms. The van der Waals surface area contributed by atoms with Crippen LogP contribution in [-0.4, -0.2) is 16.8 Å². The van der Waals surface area contributed by atoms with E-state index in [1.165, 1.54) is 36.4 Å². The van der Waals surface area contributed by atoms with Crippen LogP contribution in [0.1, 0.15) is 0 Å². The van der Waals surface area contributed by atoms with Crippen molar-refractivity contribution in [2.45, 2.75) is 9.79 Å². The lowest BCUT2D eigenvalue weighted by Gasteiger charge is -2.10. The summed E-state index contributed by atoms with van der Waals surface area (Å²) >= 11 is 0. The van der Waals surface area contributed by atoms with Gasteiger partial charge in [-0.05, 0) is 36.4 Å². The van der Waals surface area contributed by atoms with E-state index in [0.29, 0.717) is 0 Å². The first kappa shape index (κ1) is 15.3. The monoisotopic (exact) mass is 327 g/mol. The van der Waals surface area contributed by atoms with Gasteiger partial charge in [0.05, 0.1) is 10.6 Å². The lowest BCUT2D eigenvalue weighted by Crippen LogP contribution is -2.15. The molecule has 9 heteroatoms. The minimum Gasteiger partial charge on any atom is -0.398 e. The Morgan fingerprint density at radius 1 is 0.857 bits per heavy atom. The standard InChI is InChI=1S/C12H13N3O4S2/c13-11-3-1-2-4-12(11)21(18,19)15-9-5-7-10(8-6-9)20(14,16)17/h1-8,15H,13H2,(H2,14,16,17). The van der Waals surface area contributed by atoms with Crippen molar-refractivity contribution in [2.75, 3.05) is 10.5 Å². The number of sulfonamides is 2. The fraction of sp³-hybridized carbons (Fsp3) is 0. The number of para-hydroxylation sites is 1. The van der Waals surface area contributed by atoms with E-state index in [0.717, 1.165) is 0 Å². The van der Waals surface area contributed by atoms with E-state index in [9.17, 15) is 16.8 Å². The van der Waals surface area contributed by atoms with Gasteiger partial charge in [-0.3, -0.25) is 4.72 Å². The predicted octanol–water partition coefficient (Wildman–Crippen LogP) is 0.717. The van der Waals surface area contributed by atoms with Crippen molar-refractivity contribution >= 4 is 31.4 Å². The first-order chi connectivity index (χ1) is 9.70. The minimum atomic E-state index is -3.85. The summed E-state index contributed by atoms with van der Waals surface area (Å²) in [6.07, 6.45) is 0. The molecule has 0 heterocycles. The summed E-state index contributed by atoms with van der Waals surface area (Å²) in [5.41, 5.74) is 5.94. The molecule has 2 rings (SSSR count). The van der Waals surface area contributed by atoms with Crippen LogP contribution in [0.5, 0.6) is 0 Å². The molecule has 112 valence electrons. The first-order valence-corrected chi connectivity index (χ1v) is 8.73. The van der Waals surface area contributed by atoms with Crippen molar-refractivity contribution in [1.82, 2.24) is 0 Å². The molecule has 7 nitrogen and oxygen atoms in total. The molecule has 5 N–H and O–H groups in total. The number of anilines is 2. The van der Waals surface area contributed by atoms with Crippen LogP contribution in [0.3, 0.4) is 0 Å². The molecular formula is C12H13N3O4S2. The van der Waals surface area contributed by atoms with Gasteiger partial charge in [0.15, 0.2) is 0 Å². The average Bonchev–Trinajstić information content (AvgIpc) is 2.38. The lowest BCUT2D eigenvalue weighted by atomic mass is 10.3. The molecule has 0 aliphatic heterocycles. The van der Waals surface area contributed by atoms with E-state index in [1.54, 1.807) is 12.1 Å². The minimum absolute atomic E-state index is 0.0551. The maximum Gasteiger partial charge on any atom is 0.263 e. The van der Waals surface area contributed by atoms with Gasteiger partial charge in [0.25, 0.3) is 10.0 Å². The van der Waals surface area contributed by atoms with E-state index in [2.05, 4.69) is 4.72 Å². The quantitative estimate of drug-likeness (QED) is 0.712. The third kappa shape index (κ3) is 3.51. The zero-order valence-corrected chi connectivity index (χ0v) is 12.4. The highest BCUT2D eigenvalue weighted by molar-refractivity contribution is 7.93. The lowest BCUT2D eigenvalue weighted by molar-refractivity contribution is 0.597. The normalized spacial score (nSPS) is 12.0. The second kappa shape index (κ2) is 5.35. The molecule has 0 unspecified atom stereocenters. The second-order valence-electron chi connectivity index (χ2n) is 4.21. The summed E-state index contributed by atoms with van der Waals surface area (Å²) in [6, 6.07) is 11.0.